The predicted octanol–water partition coefficient (Wildman–Crippen LogP) is 0.663. The number of epoxide rings is 1. The SMILES string of the molecule is CCCOC([SiH2]C(OCC)OCC)C1CO1. The zero-order valence-electron chi connectivity index (χ0n) is 10.6. The van der Waals surface area contributed by atoms with Crippen molar-refractivity contribution in [1.82, 2.24) is 0 Å². The van der Waals surface area contributed by atoms with Crippen molar-refractivity contribution in [2.45, 2.75) is 44.9 Å². The Morgan fingerprint density at radius 3 is 2.25 bits per heavy atom. The van der Waals surface area contributed by atoms with Crippen LogP contribution in [-0.2, 0) is 18.9 Å². The van der Waals surface area contributed by atoms with Crippen LogP contribution in [0.25, 0.3) is 0 Å². The van der Waals surface area contributed by atoms with Gasteiger partial charge in [-0.05, 0) is 20.3 Å². The molecule has 1 saturated heterocycles. The minimum atomic E-state index is -0.580. The van der Waals surface area contributed by atoms with Gasteiger partial charge in [-0.15, -0.1) is 0 Å². The highest BCUT2D eigenvalue weighted by molar-refractivity contribution is 6.38. The maximum atomic E-state index is 5.82. The fourth-order valence-electron chi connectivity index (χ4n) is 1.61. The molecule has 0 saturated carbocycles. The second kappa shape index (κ2) is 8.19. The normalized spacial score (nSPS) is 22.1. The smallest absolute Gasteiger partial charge is 0.137 e. The number of rotatable bonds is 10. The molecule has 0 spiro atoms. The standard InChI is InChI=1S/C11H24O4Si/c1-4-7-14-10(9-8-15-9)16-11(12-5-2)13-6-3/h9-11H,4-8,16H2,1-3H3. The quantitative estimate of drug-likeness (QED) is 0.323. The van der Waals surface area contributed by atoms with E-state index in [0.717, 1.165) is 19.6 Å². The molecule has 0 radical (unpaired) electrons. The Kier molecular flexibility index (Phi) is 7.23. The summed E-state index contributed by atoms with van der Waals surface area (Å²) in [6.45, 7) is 9.16. The van der Waals surface area contributed by atoms with Gasteiger partial charge in [0.15, 0.2) is 0 Å². The first kappa shape index (κ1) is 14.1. The van der Waals surface area contributed by atoms with E-state index >= 15 is 0 Å². The van der Waals surface area contributed by atoms with Crippen LogP contribution in [0.2, 0.25) is 0 Å². The van der Waals surface area contributed by atoms with Crippen LogP contribution in [0.15, 0.2) is 0 Å². The maximum absolute atomic E-state index is 5.82. The third kappa shape index (κ3) is 5.40. The van der Waals surface area contributed by atoms with Crippen molar-refractivity contribution in [1.29, 1.82) is 0 Å². The van der Waals surface area contributed by atoms with E-state index in [0.29, 0.717) is 19.3 Å². The summed E-state index contributed by atoms with van der Waals surface area (Å²) in [5.74, 6) is -0.0268. The average Bonchev–Trinajstić information content (AvgIpc) is 3.08. The van der Waals surface area contributed by atoms with Crippen molar-refractivity contribution in [3.63, 3.8) is 0 Å². The predicted molar refractivity (Wildman–Crippen MR) is 65.4 cm³/mol. The van der Waals surface area contributed by atoms with Gasteiger partial charge in [-0.1, -0.05) is 6.92 Å². The van der Waals surface area contributed by atoms with Gasteiger partial charge in [0.1, 0.15) is 21.5 Å². The fraction of sp³-hybridized carbons (Fsp3) is 1.00. The zero-order valence-corrected chi connectivity index (χ0v) is 12.0. The molecule has 96 valence electrons. The van der Waals surface area contributed by atoms with E-state index in [1.54, 1.807) is 0 Å². The Bertz CT molecular complexity index is 169. The van der Waals surface area contributed by atoms with E-state index in [4.69, 9.17) is 18.9 Å². The van der Waals surface area contributed by atoms with Crippen molar-refractivity contribution < 1.29 is 18.9 Å². The molecule has 0 amide bonds. The van der Waals surface area contributed by atoms with Crippen LogP contribution >= 0.6 is 0 Å². The molecule has 0 aromatic heterocycles. The molecule has 0 N–H and O–H groups in total. The minimum absolute atomic E-state index is 0.0268. The second-order valence-electron chi connectivity index (χ2n) is 3.86. The van der Waals surface area contributed by atoms with Crippen LogP contribution in [-0.4, -0.2) is 53.7 Å². The third-order valence-corrected chi connectivity index (χ3v) is 4.52. The summed E-state index contributed by atoms with van der Waals surface area (Å²) < 4.78 is 22.3. The minimum Gasteiger partial charge on any atom is -0.379 e. The summed E-state index contributed by atoms with van der Waals surface area (Å²) in [4.78, 5) is 0. The van der Waals surface area contributed by atoms with Crippen molar-refractivity contribution in [2.75, 3.05) is 26.4 Å². The van der Waals surface area contributed by atoms with Crippen LogP contribution in [0.3, 0.4) is 0 Å². The van der Waals surface area contributed by atoms with Gasteiger partial charge in [0.2, 0.25) is 0 Å². The Labute approximate surface area is 100 Å². The van der Waals surface area contributed by atoms with Gasteiger partial charge in [-0.3, -0.25) is 0 Å². The van der Waals surface area contributed by atoms with Crippen molar-refractivity contribution >= 4 is 9.52 Å². The lowest BCUT2D eigenvalue weighted by Gasteiger charge is -2.22. The van der Waals surface area contributed by atoms with Gasteiger partial charge >= 0.3 is 0 Å². The van der Waals surface area contributed by atoms with Crippen LogP contribution in [0.5, 0.6) is 0 Å². The van der Waals surface area contributed by atoms with Crippen molar-refractivity contribution in [3.05, 3.63) is 0 Å². The molecule has 0 bridgehead atoms. The lowest BCUT2D eigenvalue weighted by molar-refractivity contribution is -0.0871. The van der Waals surface area contributed by atoms with Crippen molar-refractivity contribution in [2.24, 2.45) is 0 Å². The molecule has 0 aromatic carbocycles. The number of ether oxygens (including phenoxy) is 4. The van der Waals surface area contributed by atoms with E-state index < -0.39 is 9.52 Å². The van der Waals surface area contributed by atoms with Crippen LogP contribution in [0.1, 0.15) is 27.2 Å². The first-order chi connectivity index (χ1) is 7.81. The van der Waals surface area contributed by atoms with E-state index in [2.05, 4.69) is 6.92 Å². The van der Waals surface area contributed by atoms with Gasteiger partial charge < -0.3 is 18.9 Å². The number of hydrogen-bond acceptors (Lipinski definition) is 4. The lowest BCUT2D eigenvalue weighted by Crippen LogP contribution is -2.38. The third-order valence-electron chi connectivity index (χ3n) is 2.44. The van der Waals surface area contributed by atoms with Crippen molar-refractivity contribution in [3.8, 4) is 0 Å². The van der Waals surface area contributed by atoms with Crippen LogP contribution in [0.4, 0.5) is 0 Å². The van der Waals surface area contributed by atoms with Gasteiger partial charge in [-0.2, -0.15) is 0 Å². The van der Waals surface area contributed by atoms with Crippen LogP contribution in [0, 0.1) is 0 Å². The molecule has 1 aliphatic heterocycles. The Hall–Kier alpha value is 0.0569. The largest absolute Gasteiger partial charge is 0.379 e. The summed E-state index contributed by atoms with van der Waals surface area (Å²) in [6, 6.07) is 0. The molecule has 0 aromatic rings. The maximum Gasteiger partial charge on any atom is 0.137 e. The molecule has 1 aliphatic rings. The van der Waals surface area contributed by atoms with E-state index in [-0.39, 0.29) is 11.6 Å². The molecule has 5 heteroatoms. The average molecular weight is 248 g/mol. The highest BCUT2D eigenvalue weighted by Crippen LogP contribution is 2.18. The fourth-order valence-corrected chi connectivity index (χ4v) is 3.61. The van der Waals surface area contributed by atoms with Gasteiger partial charge in [0, 0.05) is 19.8 Å². The summed E-state index contributed by atoms with van der Waals surface area (Å²) in [5.41, 5.74) is 0.253. The first-order valence-corrected chi connectivity index (χ1v) is 7.91. The lowest BCUT2D eigenvalue weighted by atomic mass is 10.5. The topological polar surface area (TPSA) is 40.2 Å². The molecule has 0 aliphatic carbocycles. The number of hydrogen-bond donors (Lipinski definition) is 0. The summed E-state index contributed by atoms with van der Waals surface area (Å²) in [5, 5.41) is 0. The molecule has 4 nitrogen and oxygen atoms in total. The highest BCUT2D eigenvalue weighted by Gasteiger charge is 2.35. The Balaban J connectivity index is 2.31. The molecule has 1 heterocycles. The molecule has 1 fully saturated rings. The van der Waals surface area contributed by atoms with Gasteiger partial charge in [0.05, 0.1) is 12.3 Å². The summed E-state index contributed by atoms with van der Waals surface area (Å²) in [6.07, 6.45) is 1.35. The molecular formula is C11H24O4Si. The van der Waals surface area contributed by atoms with E-state index in [1.165, 1.54) is 0 Å². The molecule has 16 heavy (non-hydrogen) atoms. The zero-order chi connectivity index (χ0) is 11.8. The highest BCUT2D eigenvalue weighted by atomic mass is 28.2. The first-order valence-electron chi connectivity index (χ1n) is 6.28. The van der Waals surface area contributed by atoms with Crippen LogP contribution < -0.4 is 0 Å². The Morgan fingerprint density at radius 1 is 1.19 bits per heavy atom. The van der Waals surface area contributed by atoms with Gasteiger partial charge in [0.25, 0.3) is 0 Å². The molecule has 1 rings (SSSR count). The van der Waals surface area contributed by atoms with E-state index in [9.17, 15) is 0 Å². The van der Waals surface area contributed by atoms with E-state index in [1.807, 2.05) is 13.8 Å². The Morgan fingerprint density at radius 2 is 1.81 bits per heavy atom. The second-order valence-corrected chi connectivity index (χ2v) is 5.80. The molecular weight excluding hydrogens is 224 g/mol. The molecule has 2 atom stereocenters. The summed E-state index contributed by atoms with van der Waals surface area (Å²) >= 11 is 0. The summed E-state index contributed by atoms with van der Waals surface area (Å²) in [7, 11) is -0.580. The van der Waals surface area contributed by atoms with Gasteiger partial charge in [-0.25, -0.2) is 0 Å². The molecule has 2 unspecified atom stereocenters. The monoisotopic (exact) mass is 248 g/mol.